The van der Waals surface area contributed by atoms with Crippen LogP contribution in [0.5, 0.6) is 0 Å². The summed E-state index contributed by atoms with van der Waals surface area (Å²) in [6, 6.07) is 26.5. The van der Waals surface area contributed by atoms with Crippen molar-refractivity contribution in [2.75, 3.05) is 13.6 Å². The van der Waals surface area contributed by atoms with Crippen LogP contribution in [0.4, 0.5) is 0 Å². The fourth-order valence-electron chi connectivity index (χ4n) is 8.56. The third kappa shape index (κ3) is 2.62. The van der Waals surface area contributed by atoms with Crippen molar-refractivity contribution in [2.45, 2.75) is 30.3 Å². The second kappa shape index (κ2) is 7.84. The molecule has 5 nitrogen and oxygen atoms in total. The lowest BCUT2D eigenvalue weighted by Crippen LogP contribution is -2.53. The molecule has 192 valence electrons. The Labute approximate surface area is 235 Å². The Kier molecular flexibility index (Phi) is 4.51. The molecular weight excluding hydrogens is 519 g/mol. The number of fused-ring (bicyclic) bond motifs is 9. The highest BCUT2D eigenvalue weighted by atomic mass is 32.1. The zero-order valence-corrected chi connectivity index (χ0v) is 23.2. The van der Waals surface area contributed by atoms with E-state index in [1.54, 1.807) is 0 Å². The van der Waals surface area contributed by atoms with Gasteiger partial charge in [-0.2, -0.15) is 5.10 Å². The molecule has 2 aliphatic heterocycles. The number of thiophene rings is 2. The number of rotatable bonds is 2. The maximum atomic E-state index is 5.50. The Bertz CT molecular complexity index is 1780. The first-order valence-electron chi connectivity index (χ1n) is 13.7. The molecule has 1 saturated carbocycles. The molecule has 2 fully saturated rings. The van der Waals surface area contributed by atoms with Gasteiger partial charge in [0.25, 0.3) is 0 Å². The monoisotopic (exact) mass is 545 g/mol. The molecule has 1 N–H and O–H groups in total. The van der Waals surface area contributed by atoms with Gasteiger partial charge in [-0.1, -0.05) is 48.5 Å². The summed E-state index contributed by atoms with van der Waals surface area (Å²) in [5, 5.41) is 9.71. The van der Waals surface area contributed by atoms with Gasteiger partial charge in [0.1, 0.15) is 5.54 Å². The molecular formula is C32H27N5S2. The van der Waals surface area contributed by atoms with E-state index in [0.29, 0.717) is 11.8 Å². The topological polar surface area (TPSA) is 53.4 Å². The fourth-order valence-corrected chi connectivity index (χ4v) is 10.3. The van der Waals surface area contributed by atoms with Crippen molar-refractivity contribution in [1.82, 2.24) is 20.3 Å². The second-order valence-corrected chi connectivity index (χ2v) is 13.3. The fraction of sp³-hybridized carbons (Fsp3) is 0.281. The molecule has 2 unspecified atom stereocenters. The molecule has 1 saturated heterocycles. The Morgan fingerprint density at radius 2 is 1.62 bits per heavy atom. The lowest BCUT2D eigenvalue weighted by molar-refractivity contribution is 0.136. The van der Waals surface area contributed by atoms with Gasteiger partial charge in [0.2, 0.25) is 0 Å². The van der Waals surface area contributed by atoms with Crippen molar-refractivity contribution >= 4 is 39.4 Å². The number of aromatic nitrogens is 2. The molecule has 5 aromatic rings. The standard InChI is InChI=1S/C32H27N5S2/c1-37-18-22(25-12-6-16-38-25)31(15-14-20-27(35-36-29(20)31)26-13-7-17-39-26)32(37)21-9-3-2-8-19(21)28-30(32)34-24-11-5-4-10-23(24)33-28/h2-13,16-17,20,22,27,35H,14-15,18H2,1H3/t20?,22-,27?,31+,32-/m0/s1. The van der Waals surface area contributed by atoms with Gasteiger partial charge < -0.3 is 5.43 Å². The molecule has 2 aromatic carbocycles. The third-order valence-electron chi connectivity index (χ3n) is 9.88. The minimum Gasteiger partial charge on any atom is -0.301 e. The van der Waals surface area contributed by atoms with E-state index in [9.17, 15) is 0 Å². The summed E-state index contributed by atoms with van der Waals surface area (Å²) in [7, 11) is 2.31. The van der Waals surface area contributed by atoms with Gasteiger partial charge in [0.15, 0.2) is 0 Å². The van der Waals surface area contributed by atoms with Crippen LogP contribution in [0.3, 0.4) is 0 Å². The largest absolute Gasteiger partial charge is 0.301 e. The van der Waals surface area contributed by atoms with Crippen molar-refractivity contribution in [3.05, 3.63) is 105 Å². The molecule has 39 heavy (non-hydrogen) atoms. The second-order valence-electron chi connectivity index (χ2n) is 11.3. The van der Waals surface area contributed by atoms with Crippen LogP contribution in [0.15, 0.2) is 88.7 Å². The third-order valence-corrected chi connectivity index (χ3v) is 11.8. The minimum absolute atomic E-state index is 0.227. The summed E-state index contributed by atoms with van der Waals surface area (Å²) in [4.78, 5) is 16.2. The van der Waals surface area contributed by atoms with E-state index in [0.717, 1.165) is 41.8 Å². The number of nitrogens with one attached hydrogen (secondary N) is 1. The van der Waals surface area contributed by atoms with E-state index in [2.05, 4.69) is 101 Å². The first kappa shape index (κ1) is 22.4. The lowest BCUT2D eigenvalue weighted by Gasteiger charge is -2.47. The summed E-state index contributed by atoms with van der Waals surface area (Å²) in [6.07, 6.45) is 2.19. The Hall–Kier alpha value is -3.39. The van der Waals surface area contributed by atoms with Crippen LogP contribution in [0, 0.1) is 11.3 Å². The van der Waals surface area contributed by atoms with E-state index >= 15 is 0 Å². The number of likely N-dealkylation sites (tertiary alicyclic amines) is 1. The molecule has 4 aliphatic rings. The highest BCUT2D eigenvalue weighted by Crippen LogP contribution is 2.72. The quantitative estimate of drug-likeness (QED) is 0.265. The van der Waals surface area contributed by atoms with Gasteiger partial charge >= 0.3 is 0 Å². The number of hydrogen-bond donors (Lipinski definition) is 1. The summed E-state index contributed by atoms with van der Waals surface area (Å²) >= 11 is 3.72. The highest BCUT2D eigenvalue weighted by molar-refractivity contribution is 7.10. The zero-order chi connectivity index (χ0) is 25.8. The molecule has 5 heterocycles. The minimum atomic E-state index is -0.440. The summed E-state index contributed by atoms with van der Waals surface area (Å²) in [5.41, 5.74) is 10.9. The van der Waals surface area contributed by atoms with E-state index < -0.39 is 5.54 Å². The van der Waals surface area contributed by atoms with Crippen LogP contribution in [0.1, 0.15) is 45.8 Å². The summed E-state index contributed by atoms with van der Waals surface area (Å²) in [5.74, 6) is 0.696. The lowest BCUT2D eigenvalue weighted by atomic mass is 9.59. The first-order chi connectivity index (χ1) is 19.2. The maximum Gasteiger partial charge on any atom is 0.103 e. The van der Waals surface area contributed by atoms with E-state index in [4.69, 9.17) is 15.1 Å². The molecule has 2 spiro atoms. The van der Waals surface area contributed by atoms with E-state index in [1.807, 2.05) is 22.7 Å². The van der Waals surface area contributed by atoms with E-state index in [1.165, 1.54) is 26.6 Å². The van der Waals surface area contributed by atoms with Crippen LogP contribution in [-0.4, -0.2) is 34.2 Å². The molecule has 9 rings (SSSR count). The van der Waals surface area contributed by atoms with Crippen LogP contribution in [0.25, 0.3) is 22.3 Å². The predicted molar refractivity (Wildman–Crippen MR) is 158 cm³/mol. The smallest absolute Gasteiger partial charge is 0.103 e. The van der Waals surface area contributed by atoms with Crippen LogP contribution >= 0.6 is 22.7 Å². The number of hydrazone groups is 1. The molecule has 0 bridgehead atoms. The highest BCUT2D eigenvalue weighted by Gasteiger charge is 2.74. The molecule has 7 heteroatoms. The Morgan fingerprint density at radius 3 is 2.41 bits per heavy atom. The van der Waals surface area contributed by atoms with Crippen molar-refractivity contribution in [1.29, 1.82) is 0 Å². The van der Waals surface area contributed by atoms with E-state index in [-0.39, 0.29) is 11.5 Å². The van der Waals surface area contributed by atoms with Crippen molar-refractivity contribution in [2.24, 2.45) is 16.4 Å². The first-order valence-corrected chi connectivity index (χ1v) is 15.5. The summed E-state index contributed by atoms with van der Waals surface area (Å²) in [6.45, 7) is 0.957. The van der Waals surface area contributed by atoms with Gasteiger partial charge in [0.05, 0.1) is 34.2 Å². The zero-order valence-electron chi connectivity index (χ0n) is 21.5. The van der Waals surface area contributed by atoms with Crippen LogP contribution in [-0.2, 0) is 5.54 Å². The van der Waals surface area contributed by atoms with Crippen LogP contribution in [0.2, 0.25) is 0 Å². The summed E-state index contributed by atoms with van der Waals surface area (Å²) < 4.78 is 0. The average Bonchev–Trinajstić information content (AvgIpc) is 3.80. The number of nitrogens with zero attached hydrogens (tertiary/aromatic N) is 4. The normalized spacial score (nSPS) is 30.6. The Balaban J connectivity index is 1.36. The molecule has 3 aromatic heterocycles. The number of likely N-dealkylation sites (N-methyl/N-ethyl adjacent to an activating group) is 1. The number of hydrogen-bond acceptors (Lipinski definition) is 7. The van der Waals surface area contributed by atoms with Crippen molar-refractivity contribution in [3.8, 4) is 11.3 Å². The van der Waals surface area contributed by atoms with Crippen molar-refractivity contribution in [3.63, 3.8) is 0 Å². The van der Waals surface area contributed by atoms with Gasteiger partial charge in [-0.25, -0.2) is 9.97 Å². The predicted octanol–water partition coefficient (Wildman–Crippen LogP) is 6.80. The molecule has 2 aliphatic carbocycles. The maximum absolute atomic E-state index is 5.50. The van der Waals surface area contributed by atoms with Gasteiger partial charge in [0, 0.05) is 39.1 Å². The van der Waals surface area contributed by atoms with Gasteiger partial charge in [-0.05, 0) is 60.5 Å². The molecule has 0 radical (unpaired) electrons. The SMILES string of the molecule is CN1C[C@@H](c2cccs2)[C@@]2(CCC3C2=NNC3c2cccs2)[C@@]12c1ccccc1-c1nc3ccccc3nc12. The average molecular weight is 546 g/mol. The molecule has 5 atom stereocenters. The van der Waals surface area contributed by atoms with Gasteiger partial charge in [-0.15, -0.1) is 22.7 Å². The number of benzene rings is 2. The molecule has 0 amide bonds. The van der Waals surface area contributed by atoms with Crippen molar-refractivity contribution < 1.29 is 0 Å². The Morgan fingerprint density at radius 1 is 0.872 bits per heavy atom. The van der Waals surface area contributed by atoms with Gasteiger partial charge in [-0.3, -0.25) is 4.90 Å². The van der Waals surface area contributed by atoms with Crippen LogP contribution < -0.4 is 5.43 Å². The number of para-hydroxylation sites is 2.